The van der Waals surface area contributed by atoms with Crippen LogP contribution in [-0.2, 0) is 9.53 Å². The molecule has 1 fully saturated rings. The van der Waals surface area contributed by atoms with E-state index in [1.165, 1.54) is 6.42 Å². The Labute approximate surface area is 124 Å². The van der Waals surface area contributed by atoms with Gasteiger partial charge in [0.1, 0.15) is 0 Å². The maximum Gasteiger partial charge on any atom is 0.340 e. The van der Waals surface area contributed by atoms with E-state index in [-0.39, 0.29) is 24.1 Å². The summed E-state index contributed by atoms with van der Waals surface area (Å²) in [6.07, 6.45) is 4.48. The van der Waals surface area contributed by atoms with E-state index in [0.29, 0.717) is 11.6 Å². The maximum absolute atomic E-state index is 11.9. The molecule has 1 aromatic carbocycles. The van der Waals surface area contributed by atoms with Gasteiger partial charge in [-0.1, -0.05) is 31.9 Å². The Morgan fingerprint density at radius 1 is 1.29 bits per heavy atom. The summed E-state index contributed by atoms with van der Waals surface area (Å²) in [5.74, 6) is -0.347. The van der Waals surface area contributed by atoms with E-state index in [2.05, 4.69) is 12.2 Å². The Morgan fingerprint density at radius 2 is 2.00 bits per heavy atom. The Kier molecular flexibility index (Phi) is 5.20. The molecular formula is C16H22N2O3. The first-order valence-corrected chi connectivity index (χ1v) is 7.39. The minimum atomic E-state index is -0.569. The molecule has 0 aromatic heterocycles. The van der Waals surface area contributed by atoms with Crippen molar-refractivity contribution in [1.29, 1.82) is 0 Å². The van der Waals surface area contributed by atoms with Crippen molar-refractivity contribution in [1.82, 2.24) is 5.32 Å². The summed E-state index contributed by atoms with van der Waals surface area (Å²) in [7, 11) is 0. The van der Waals surface area contributed by atoms with Gasteiger partial charge < -0.3 is 15.8 Å². The van der Waals surface area contributed by atoms with Crippen molar-refractivity contribution in [3.8, 4) is 0 Å². The number of rotatable bonds is 4. The summed E-state index contributed by atoms with van der Waals surface area (Å²) < 4.78 is 5.02. The fourth-order valence-electron chi connectivity index (χ4n) is 2.67. The van der Waals surface area contributed by atoms with Gasteiger partial charge in [-0.15, -0.1) is 0 Å². The largest absolute Gasteiger partial charge is 0.452 e. The minimum Gasteiger partial charge on any atom is -0.452 e. The summed E-state index contributed by atoms with van der Waals surface area (Å²) in [4.78, 5) is 23.7. The lowest BCUT2D eigenvalue weighted by Gasteiger charge is -2.29. The number of benzene rings is 1. The van der Waals surface area contributed by atoms with Gasteiger partial charge in [0.2, 0.25) is 0 Å². The molecule has 1 amide bonds. The van der Waals surface area contributed by atoms with Crippen LogP contribution in [0.1, 0.15) is 43.0 Å². The zero-order valence-electron chi connectivity index (χ0n) is 12.3. The molecule has 0 saturated heterocycles. The van der Waals surface area contributed by atoms with Crippen LogP contribution >= 0.6 is 0 Å². The molecule has 0 spiro atoms. The molecular weight excluding hydrogens is 268 g/mol. The quantitative estimate of drug-likeness (QED) is 0.657. The molecule has 5 nitrogen and oxygen atoms in total. The van der Waals surface area contributed by atoms with Crippen molar-refractivity contribution >= 4 is 17.6 Å². The fraction of sp³-hybridized carbons (Fsp3) is 0.500. The summed E-state index contributed by atoms with van der Waals surface area (Å²) in [5, 5.41) is 2.94. The molecule has 1 saturated carbocycles. The summed E-state index contributed by atoms with van der Waals surface area (Å²) >= 11 is 0. The third-order valence-electron chi connectivity index (χ3n) is 3.97. The maximum atomic E-state index is 11.9. The van der Waals surface area contributed by atoms with Gasteiger partial charge in [-0.2, -0.15) is 0 Å². The second-order valence-corrected chi connectivity index (χ2v) is 5.60. The predicted molar refractivity (Wildman–Crippen MR) is 80.7 cm³/mol. The van der Waals surface area contributed by atoms with Gasteiger partial charge in [0.15, 0.2) is 6.61 Å². The second kappa shape index (κ2) is 7.11. The topological polar surface area (TPSA) is 81.4 Å². The number of carbonyl (C=O) groups excluding carboxylic acids is 2. The van der Waals surface area contributed by atoms with Crippen LogP contribution in [-0.4, -0.2) is 24.5 Å². The van der Waals surface area contributed by atoms with Crippen molar-refractivity contribution in [3.05, 3.63) is 29.8 Å². The zero-order chi connectivity index (χ0) is 15.2. The van der Waals surface area contributed by atoms with Crippen LogP contribution in [0.4, 0.5) is 5.69 Å². The first-order chi connectivity index (χ1) is 10.1. The Morgan fingerprint density at radius 3 is 2.71 bits per heavy atom. The van der Waals surface area contributed by atoms with Gasteiger partial charge in [-0.05, 0) is 30.9 Å². The highest BCUT2D eigenvalue weighted by Crippen LogP contribution is 2.23. The third kappa shape index (κ3) is 4.21. The number of nitrogens with one attached hydrogen (secondary N) is 1. The molecule has 0 radical (unpaired) electrons. The van der Waals surface area contributed by atoms with E-state index >= 15 is 0 Å². The molecule has 114 valence electrons. The van der Waals surface area contributed by atoms with Crippen molar-refractivity contribution in [2.24, 2.45) is 5.92 Å². The van der Waals surface area contributed by atoms with Crippen LogP contribution < -0.4 is 11.1 Å². The first-order valence-electron chi connectivity index (χ1n) is 7.39. The van der Waals surface area contributed by atoms with Gasteiger partial charge in [0.05, 0.1) is 5.56 Å². The number of ether oxygens (including phenoxy) is 1. The third-order valence-corrected chi connectivity index (χ3v) is 3.97. The first kappa shape index (κ1) is 15.4. The van der Waals surface area contributed by atoms with Gasteiger partial charge in [-0.25, -0.2) is 4.79 Å². The number of hydrogen-bond acceptors (Lipinski definition) is 4. The fourth-order valence-corrected chi connectivity index (χ4v) is 2.67. The molecule has 0 aliphatic heterocycles. The van der Waals surface area contributed by atoms with E-state index in [1.54, 1.807) is 24.3 Å². The van der Waals surface area contributed by atoms with Crippen molar-refractivity contribution in [2.75, 3.05) is 12.3 Å². The molecule has 1 aliphatic rings. The van der Waals surface area contributed by atoms with E-state index < -0.39 is 5.97 Å². The summed E-state index contributed by atoms with van der Waals surface area (Å²) in [6, 6.07) is 6.84. The smallest absolute Gasteiger partial charge is 0.340 e. The standard InChI is InChI=1S/C16H22N2O3/c1-11-6-2-5-9-14(11)18-15(19)10-21-16(20)12-7-3-4-8-13(12)17/h3-4,7-8,11,14H,2,5-6,9-10,17H2,1H3,(H,18,19)/t11-,14-/m0/s1. The monoisotopic (exact) mass is 290 g/mol. The lowest BCUT2D eigenvalue weighted by atomic mass is 9.86. The van der Waals surface area contributed by atoms with Crippen molar-refractivity contribution in [2.45, 2.75) is 38.6 Å². The van der Waals surface area contributed by atoms with E-state index in [9.17, 15) is 9.59 Å². The molecule has 0 heterocycles. The molecule has 2 atom stereocenters. The van der Waals surface area contributed by atoms with Gasteiger partial charge >= 0.3 is 5.97 Å². The Bertz CT molecular complexity index is 516. The molecule has 5 heteroatoms. The number of nitrogens with two attached hydrogens (primary N) is 1. The van der Waals surface area contributed by atoms with E-state index in [0.717, 1.165) is 19.3 Å². The highest BCUT2D eigenvalue weighted by atomic mass is 16.5. The van der Waals surface area contributed by atoms with Crippen LogP contribution in [0.3, 0.4) is 0 Å². The van der Waals surface area contributed by atoms with Crippen LogP contribution in [0.5, 0.6) is 0 Å². The number of nitrogen functional groups attached to an aromatic ring is 1. The van der Waals surface area contributed by atoms with Crippen LogP contribution in [0.15, 0.2) is 24.3 Å². The van der Waals surface area contributed by atoms with Gasteiger partial charge in [0.25, 0.3) is 5.91 Å². The number of para-hydroxylation sites is 1. The van der Waals surface area contributed by atoms with E-state index in [1.807, 2.05) is 0 Å². The van der Waals surface area contributed by atoms with E-state index in [4.69, 9.17) is 10.5 Å². The van der Waals surface area contributed by atoms with Crippen molar-refractivity contribution in [3.63, 3.8) is 0 Å². The summed E-state index contributed by atoms with van der Waals surface area (Å²) in [6.45, 7) is 1.87. The highest BCUT2D eigenvalue weighted by molar-refractivity contribution is 5.96. The number of amides is 1. The van der Waals surface area contributed by atoms with Crippen LogP contribution in [0, 0.1) is 5.92 Å². The van der Waals surface area contributed by atoms with Crippen molar-refractivity contribution < 1.29 is 14.3 Å². The normalized spacial score (nSPS) is 21.6. The number of hydrogen-bond donors (Lipinski definition) is 2. The van der Waals surface area contributed by atoms with Gasteiger partial charge in [-0.3, -0.25) is 4.79 Å². The minimum absolute atomic E-state index is 0.187. The molecule has 21 heavy (non-hydrogen) atoms. The molecule has 0 unspecified atom stereocenters. The molecule has 1 aromatic rings. The molecule has 2 rings (SSSR count). The van der Waals surface area contributed by atoms with Crippen LogP contribution in [0.2, 0.25) is 0 Å². The molecule has 3 N–H and O–H groups in total. The lowest BCUT2D eigenvalue weighted by Crippen LogP contribution is -2.42. The average Bonchev–Trinajstić information content (AvgIpc) is 2.48. The molecule has 1 aliphatic carbocycles. The zero-order valence-corrected chi connectivity index (χ0v) is 12.3. The Balaban J connectivity index is 1.81. The van der Waals surface area contributed by atoms with Gasteiger partial charge in [0, 0.05) is 11.7 Å². The predicted octanol–water partition coefficient (Wildman–Crippen LogP) is 2.12. The molecule has 0 bridgehead atoms. The second-order valence-electron chi connectivity index (χ2n) is 5.60. The lowest BCUT2D eigenvalue weighted by molar-refractivity contribution is -0.125. The number of carbonyl (C=O) groups is 2. The summed E-state index contributed by atoms with van der Waals surface area (Å²) in [5.41, 5.74) is 6.33. The SMILES string of the molecule is C[C@H]1CCCC[C@@H]1NC(=O)COC(=O)c1ccccc1N. The van der Waals surface area contributed by atoms with Crippen LogP contribution in [0.25, 0.3) is 0 Å². The highest BCUT2D eigenvalue weighted by Gasteiger charge is 2.23. The average molecular weight is 290 g/mol. The number of anilines is 1. The number of esters is 1. The Hall–Kier alpha value is -2.04.